The van der Waals surface area contributed by atoms with Crippen LogP contribution in [0.2, 0.25) is 0 Å². The molecule has 108 valence electrons. The van der Waals surface area contributed by atoms with Gasteiger partial charge in [-0.05, 0) is 51.2 Å². The zero-order valence-electron chi connectivity index (χ0n) is 11.8. The van der Waals surface area contributed by atoms with Crippen LogP contribution in [-0.4, -0.2) is 50.3 Å². The second-order valence-electron chi connectivity index (χ2n) is 5.54. The number of carbonyl (C=O) groups excluding carboxylic acids is 1. The maximum absolute atomic E-state index is 11.6. The normalized spacial score (nSPS) is 21.1. The van der Waals surface area contributed by atoms with E-state index in [1.54, 1.807) is 4.90 Å². The van der Waals surface area contributed by atoms with E-state index in [1.807, 2.05) is 18.2 Å². The van der Waals surface area contributed by atoms with Crippen LogP contribution in [0.5, 0.6) is 0 Å². The molecule has 2 aliphatic heterocycles. The maximum atomic E-state index is 11.6. The van der Waals surface area contributed by atoms with Crippen LogP contribution < -0.4 is 10.2 Å². The summed E-state index contributed by atoms with van der Waals surface area (Å²) in [4.78, 5) is 15.6. The van der Waals surface area contributed by atoms with E-state index >= 15 is 0 Å². The van der Waals surface area contributed by atoms with Crippen molar-refractivity contribution in [3.8, 4) is 0 Å². The lowest BCUT2D eigenvalue weighted by Gasteiger charge is -2.30. The van der Waals surface area contributed by atoms with E-state index in [0.717, 1.165) is 37.3 Å². The van der Waals surface area contributed by atoms with Crippen molar-refractivity contribution in [1.82, 2.24) is 4.90 Å². The quantitative estimate of drug-likeness (QED) is 0.918. The molecule has 0 aliphatic carbocycles. The fourth-order valence-electron chi connectivity index (χ4n) is 2.78. The van der Waals surface area contributed by atoms with Gasteiger partial charge in [-0.2, -0.15) is 0 Å². The predicted octanol–water partition coefficient (Wildman–Crippen LogP) is 2.15. The van der Waals surface area contributed by atoms with Gasteiger partial charge in [-0.15, -0.1) is 0 Å². The van der Waals surface area contributed by atoms with Crippen LogP contribution in [0.15, 0.2) is 24.3 Å². The van der Waals surface area contributed by atoms with Crippen molar-refractivity contribution in [1.29, 1.82) is 0 Å². The number of benzene rings is 1. The smallest absolute Gasteiger partial charge is 0.414 e. The summed E-state index contributed by atoms with van der Waals surface area (Å²) in [5, 5.41) is 3.57. The molecule has 2 fully saturated rings. The molecule has 20 heavy (non-hydrogen) atoms. The highest BCUT2D eigenvalue weighted by molar-refractivity contribution is 5.89. The Hall–Kier alpha value is -1.75. The number of likely N-dealkylation sites (tertiary alicyclic amines) is 1. The number of nitrogens with one attached hydrogen (secondary N) is 1. The van der Waals surface area contributed by atoms with Gasteiger partial charge in [0.2, 0.25) is 0 Å². The van der Waals surface area contributed by atoms with E-state index in [9.17, 15) is 4.79 Å². The zero-order valence-corrected chi connectivity index (χ0v) is 11.8. The summed E-state index contributed by atoms with van der Waals surface area (Å²) in [6.07, 6.45) is 2.07. The van der Waals surface area contributed by atoms with Gasteiger partial charge in [-0.3, -0.25) is 4.90 Å². The van der Waals surface area contributed by atoms with Crippen LogP contribution in [0.25, 0.3) is 0 Å². The van der Waals surface area contributed by atoms with Gasteiger partial charge in [0.1, 0.15) is 6.61 Å². The Morgan fingerprint density at radius 1 is 1.25 bits per heavy atom. The number of hydrogen-bond donors (Lipinski definition) is 1. The van der Waals surface area contributed by atoms with Gasteiger partial charge in [0, 0.05) is 17.4 Å². The van der Waals surface area contributed by atoms with E-state index in [0.29, 0.717) is 19.2 Å². The number of cyclic esters (lactones) is 1. The van der Waals surface area contributed by atoms with Gasteiger partial charge in [-0.1, -0.05) is 6.07 Å². The molecular weight excluding hydrogens is 254 g/mol. The predicted molar refractivity (Wildman–Crippen MR) is 79.3 cm³/mol. The van der Waals surface area contributed by atoms with E-state index in [4.69, 9.17) is 4.74 Å². The Morgan fingerprint density at radius 2 is 2.05 bits per heavy atom. The number of anilines is 2. The number of carbonyl (C=O) groups is 1. The SMILES string of the molecule is CN1CCC(Nc2cccc(N3CCOC3=O)c2)CC1. The molecule has 2 saturated heterocycles. The van der Waals surface area contributed by atoms with Crippen LogP contribution in [0.3, 0.4) is 0 Å². The molecule has 1 amide bonds. The van der Waals surface area contributed by atoms with Crippen molar-refractivity contribution in [2.45, 2.75) is 18.9 Å². The van der Waals surface area contributed by atoms with Crippen molar-refractivity contribution in [3.63, 3.8) is 0 Å². The third-order valence-corrected chi connectivity index (χ3v) is 4.01. The Balaban J connectivity index is 1.66. The minimum atomic E-state index is -0.249. The maximum Gasteiger partial charge on any atom is 0.414 e. The van der Waals surface area contributed by atoms with Crippen molar-refractivity contribution >= 4 is 17.5 Å². The molecule has 5 heteroatoms. The third kappa shape index (κ3) is 2.88. The average molecular weight is 275 g/mol. The summed E-state index contributed by atoms with van der Waals surface area (Å²) in [5.74, 6) is 0. The van der Waals surface area contributed by atoms with Crippen molar-refractivity contribution in [3.05, 3.63) is 24.3 Å². The van der Waals surface area contributed by atoms with E-state index < -0.39 is 0 Å². The lowest BCUT2D eigenvalue weighted by atomic mass is 10.1. The summed E-state index contributed by atoms with van der Waals surface area (Å²) in [5.41, 5.74) is 1.99. The minimum Gasteiger partial charge on any atom is -0.447 e. The summed E-state index contributed by atoms with van der Waals surface area (Å²) < 4.78 is 4.98. The number of nitrogens with zero attached hydrogens (tertiary/aromatic N) is 2. The molecule has 0 aromatic heterocycles. The summed E-state index contributed by atoms with van der Waals surface area (Å²) in [6.45, 7) is 3.38. The standard InChI is InChI=1S/C15H21N3O2/c1-17-7-5-12(6-8-17)16-13-3-2-4-14(11-13)18-9-10-20-15(18)19/h2-4,11-12,16H,5-10H2,1H3. The summed E-state index contributed by atoms with van der Waals surface area (Å²) in [6, 6.07) is 8.55. The molecular formula is C15H21N3O2. The van der Waals surface area contributed by atoms with Crippen molar-refractivity contribution < 1.29 is 9.53 Å². The van der Waals surface area contributed by atoms with Crippen LogP contribution >= 0.6 is 0 Å². The minimum absolute atomic E-state index is 0.249. The van der Waals surface area contributed by atoms with Crippen molar-refractivity contribution in [2.24, 2.45) is 0 Å². The first-order valence-electron chi connectivity index (χ1n) is 7.22. The lowest BCUT2D eigenvalue weighted by molar-refractivity contribution is 0.181. The van der Waals surface area contributed by atoms with Gasteiger partial charge in [0.25, 0.3) is 0 Å². The fourth-order valence-corrected chi connectivity index (χ4v) is 2.78. The highest BCUT2D eigenvalue weighted by Gasteiger charge is 2.24. The highest BCUT2D eigenvalue weighted by atomic mass is 16.6. The van der Waals surface area contributed by atoms with E-state index in [1.165, 1.54) is 0 Å². The van der Waals surface area contributed by atoms with Gasteiger partial charge in [-0.25, -0.2) is 4.79 Å². The van der Waals surface area contributed by atoms with Gasteiger partial charge in [0.05, 0.1) is 6.54 Å². The van der Waals surface area contributed by atoms with Gasteiger partial charge < -0.3 is 15.0 Å². The molecule has 1 aromatic rings. The first kappa shape index (κ1) is 13.2. The van der Waals surface area contributed by atoms with E-state index in [-0.39, 0.29) is 6.09 Å². The van der Waals surface area contributed by atoms with E-state index in [2.05, 4.69) is 23.3 Å². The van der Waals surface area contributed by atoms with Gasteiger partial charge in [0.15, 0.2) is 0 Å². The molecule has 2 heterocycles. The number of rotatable bonds is 3. The average Bonchev–Trinajstić information content (AvgIpc) is 2.88. The molecule has 3 rings (SSSR count). The number of ether oxygens (including phenoxy) is 1. The zero-order chi connectivity index (χ0) is 13.9. The van der Waals surface area contributed by atoms with Crippen LogP contribution in [0.1, 0.15) is 12.8 Å². The summed E-state index contributed by atoms with van der Waals surface area (Å²) >= 11 is 0. The Kier molecular flexibility index (Phi) is 3.78. The second-order valence-corrected chi connectivity index (χ2v) is 5.54. The Morgan fingerprint density at radius 3 is 2.75 bits per heavy atom. The molecule has 0 saturated carbocycles. The molecule has 1 aromatic carbocycles. The van der Waals surface area contributed by atoms with Crippen LogP contribution in [0, 0.1) is 0 Å². The molecule has 0 unspecified atom stereocenters. The Bertz CT molecular complexity index is 484. The highest BCUT2D eigenvalue weighted by Crippen LogP contribution is 2.24. The van der Waals surface area contributed by atoms with Crippen LogP contribution in [0.4, 0.5) is 16.2 Å². The third-order valence-electron chi connectivity index (χ3n) is 4.01. The molecule has 0 radical (unpaired) electrons. The molecule has 0 atom stereocenters. The monoisotopic (exact) mass is 275 g/mol. The Labute approximate surface area is 119 Å². The lowest BCUT2D eigenvalue weighted by Crippen LogP contribution is -2.36. The molecule has 2 aliphatic rings. The molecule has 0 bridgehead atoms. The molecule has 5 nitrogen and oxygen atoms in total. The number of hydrogen-bond acceptors (Lipinski definition) is 4. The van der Waals surface area contributed by atoms with Gasteiger partial charge >= 0.3 is 6.09 Å². The summed E-state index contributed by atoms with van der Waals surface area (Å²) in [7, 11) is 2.16. The largest absolute Gasteiger partial charge is 0.447 e. The topological polar surface area (TPSA) is 44.8 Å². The number of piperidine rings is 1. The molecule has 0 spiro atoms. The first-order valence-corrected chi connectivity index (χ1v) is 7.22. The van der Waals surface area contributed by atoms with Crippen molar-refractivity contribution in [2.75, 3.05) is 43.5 Å². The second kappa shape index (κ2) is 5.71. The molecule has 1 N–H and O–H groups in total. The first-order chi connectivity index (χ1) is 9.72. The number of amides is 1. The van der Waals surface area contributed by atoms with Crippen LogP contribution in [-0.2, 0) is 4.74 Å². The fraction of sp³-hybridized carbons (Fsp3) is 0.533.